The molecule has 0 radical (unpaired) electrons. The lowest BCUT2D eigenvalue weighted by atomic mass is 9.73. The smallest absolute Gasteiger partial charge is 0.200 e. The summed E-state index contributed by atoms with van der Waals surface area (Å²) >= 11 is 1.84. The van der Waals surface area contributed by atoms with Crippen molar-refractivity contribution in [3.63, 3.8) is 0 Å². The molecule has 0 saturated carbocycles. The third-order valence-corrected chi connectivity index (χ3v) is 8.65. The predicted molar refractivity (Wildman–Crippen MR) is 154 cm³/mol. The van der Waals surface area contributed by atoms with Gasteiger partial charge in [0.15, 0.2) is 17.4 Å². The number of fused-ring (bicyclic) bond motifs is 1. The second-order valence-electron chi connectivity index (χ2n) is 11.4. The first-order chi connectivity index (χ1) is 17.8. The van der Waals surface area contributed by atoms with Crippen molar-refractivity contribution < 1.29 is 18.6 Å². The van der Waals surface area contributed by atoms with Gasteiger partial charge in [-0.25, -0.2) is 4.39 Å². The van der Waals surface area contributed by atoms with Gasteiger partial charge >= 0.3 is 0 Å². The van der Waals surface area contributed by atoms with Crippen LogP contribution in [0.15, 0.2) is 81.7 Å². The number of aliphatic hydroxyl groups is 1. The summed E-state index contributed by atoms with van der Waals surface area (Å²) < 4.78 is 35.4. The van der Waals surface area contributed by atoms with Crippen molar-refractivity contribution in [3.05, 3.63) is 81.7 Å². The number of nitrogens with two attached hydrogens (primary N) is 1. The standard InChI is InChI=1S/C30H43F2N3O2S/c1-18(35-7)23(30(5,33)28(36)29(2,3)4)12-13-37-25-16-20(8-10-24(31)27(25)32)19-9-11-26-21(14-19)15-22(38-26)17-34-6/h8-11,14-16,20-21,26,28,34-36H,12-13,17,33H2,1-7H3/b23-18-. The molecule has 5 atom stereocenters. The highest BCUT2D eigenvalue weighted by Crippen LogP contribution is 2.42. The van der Waals surface area contributed by atoms with Crippen molar-refractivity contribution in [3.8, 4) is 0 Å². The van der Waals surface area contributed by atoms with Gasteiger partial charge in [0.1, 0.15) is 0 Å². The number of rotatable bonds is 10. The molecule has 8 heteroatoms. The van der Waals surface area contributed by atoms with Crippen LogP contribution in [0.2, 0.25) is 0 Å². The van der Waals surface area contributed by atoms with E-state index in [0.29, 0.717) is 11.7 Å². The summed E-state index contributed by atoms with van der Waals surface area (Å²) in [5.74, 6) is -2.19. The van der Waals surface area contributed by atoms with Gasteiger partial charge < -0.3 is 26.2 Å². The van der Waals surface area contributed by atoms with Crippen LogP contribution in [-0.4, -0.2) is 49.2 Å². The number of allylic oxidation sites excluding steroid dienone is 10. The lowest BCUT2D eigenvalue weighted by Gasteiger charge is -2.41. The molecule has 5 unspecified atom stereocenters. The molecule has 1 aliphatic heterocycles. The van der Waals surface area contributed by atoms with Gasteiger partial charge in [-0.2, -0.15) is 4.39 Å². The Labute approximate surface area is 230 Å². The number of hydrogen-bond donors (Lipinski definition) is 4. The number of hydrogen-bond acceptors (Lipinski definition) is 6. The number of halogens is 2. The van der Waals surface area contributed by atoms with E-state index >= 15 is 0 Å². The summed E-state index contributed by atoms with van der Waals surface area (Å²) in [5.41, 5.74) is 7.70. The lowest BCUT2D eigenvalue weighted by Crippen LogP contribution is -2.56. The van der Waals surface area contributed by atoms with Crippen LogP contribution >= 0.6 is 11.8 Å². The van der Waals surface area contributed by atoms with Gasteiger partial charge in [-0.3, -0.25) is 0 Å². The molecule has 0 saturated heterocycles. The summed E-state index contributed by atoms with van der Waals surface area (Å²) in [4.78, 5) is 1.29. The molecular formula is C30H43F2N3O2S. The maximum atomic E-state index is 15.0. The topological polar surface area (TPSA) is 79.5 Å². The first-order valence-corrected chi connectivity index (χ1v) is 14.0. The molecule has 0 spiro atoms. The second-order valence-corrected chi connectivity index (χ2v) is 12.7. The van der Waals surface area contributed by atoms with Gasteiger partial charge in [-0.05, 0) is 54.5 Å². The molecule has 2 aliphatic carbocycles. The number of ether oxygens (including phenoxy) is 1. The summed E-state index contributed by atoms with van der Waals surface area (Å²) in [6.07, 6.45) is 12.6. The minimum absolute atomic E-state index is 0.0730. The minimum atomic E-state index is -1.05. The molecule has 0 aromatic rings. The molecule has 0 bridgehead atoms. The van der Waals surface area contributed by atoms with Crippen LogP contribution in [0.4, 0.5) is 8.78 Å². The number of nitrogens with one attached hydrogen (secondary N) is 2. The zero-order valence-corrected chi connectivity index (χ0v) is 24.4. The number of likely N-dealkylation sites (N-methyl/N-ethyl adjacent to an activating group) is 1. The Balaban J connectivity index is 1.80. The largest absolute Gasteiger partial charge is 0.490 e. The van der Waals surface area contributed by atoms with Crippen molar-refractivity contribution in [1.29, 1.82) is 0 Å². The first-order valence-electron chi connectivity index (χ1n) is 13.1. The van der Waals surface area contributed by atoms with E-state index in [1.54, 1.807) is 26.1 Å². The fraction of sp³-hybridized carbons (Fsp3) is 0.533. The van der Waals surface area contributed by atoms with Crippen LogP contribution in [-0.2, 0) is 4.74 Å². The van der Waals surface area contributed by atoms with Crippen LogP contribution in [0.25, 0.3) is 0 Å². The highest BCUT2D eigenvalue weighted by Gasteiger charge is 2.40. The third kappa shape index (κ3) is 6.89. The molecule has 0 amide bonds. The average molecular weight is 548 g/mol. The zero-order chi connectivity index (χ0) is 28.3. The molecule has 38 heavy (non-hydrogen) atoms. The van der Waals surface area contributed by atoms with E-state index < -0.39 is 28.7 Å². The molecule has 0 fully saturated rings. The monoisotopic (exact) mass is 547 g/mol. The van der Waals surface area contributed by atoms with E-state index in [0.717, 1.165) is 23.4 Å². The molecule has 210 valence electrons. The van der Waals surface area contributed by atoms with Gasteiger partial charge in [0.05, 0.1) is 18.2 Å². The molecular weight excluding hydrogens is 504 g/mol. The van der Waals surface area contributed by atoms with Crippen LogP contribution in [0.5, 0.6) is 0 Å². The molecule has 0 aromatic carbocycles. The van der Waals surface area contributed by atoms with E-state index in [1.165, 1.54) is 11.0 Å². The fourth-order valence-electron chi connectivity index (χ4n) is 5.22. The lowest BCUT2D eigenvalue weighted by molar-refractivity contribution is 0.0134. The summed E-state index contributed by atoms with van der Waals surface area (Å²) in [7, 11) is 3.71. The molecule has 3 aliphatic rings. The van der Waals surface area contributed by atoms with Gasteiger partial charge in [0.25, 0.3) is 0 Å². The Kier molecular flexibility index (Phi) is 9.90. The van der Waals surface area contributed by atoms with Gasteiger partial charge in [-0.15, -0.1) is 11.8 Å². The highest BCUT2D eigenvalue weighted by atomic mass is 32.2. The Bertz CT molecular complexity index is 1110. The van der Waals surface area contributed by atoms with E-state index in [9.17, 15) is 13.9 Å². The van der Waals surface area contributed by atoms with Gasteiger partial charge in [0.2, 0.25) is 0 Å². The normalized spacial score (nSPS) is 26.5. The van der Waals surface area contributed by atoms with Crippen molar-refractivity contribution in [2.45, 2.75) is 57.9 Å². The molecule has 5 N–H and O–H groups in total. The van der Waals surface area contributed by atoms with Crippen LogP contribution < -0.4 is 16.4 Å². The Hall–Kier alpha value is -2.13. The van der Waals surface area contributed by atoms with Crippen LogP contribution in [0.1, 0.15) is 41.0 Å². The zero-order valence-electron chi connectivity index (χ0n) is 23.6. The molecule has 5 nitrogen and oxygen atoms in total. The molecule has 3 rings (SSSR count). The predicted octanol–water partition coefficient (Wildman–Crippen LogP) is 5.56. The maximum Gasteiger partial charge on any atom is 0.200 e. The van der Waals surface area contributed by atoms with Crippen molar-refractivity contribution >= 4 is 11.8 Å². The van der Waals surface area contributed by atoms with E-state index in [1.807, 2.05) is 52.6 Å². The van der Waals surface area contributed by atoms with Crippen molar-refractivity contribution in [2.75, 3.05) is 27.2 Å². The molecule has 0 aromatic heterocycles. The number of aliphatic hydroxyl groups excluding tert-OH is 1. The summed E-state index contributed by atoms with van der Waals surface area (Å²) in [6.45, 7) is 10.4. The second kappa shape index (κ2) is 12.4. The van der Waals surface area contributed by atoms with Crippen molar-refractivity contribution in [1.82, 2.24) is 10.6 Å². The van der Waals surface area contributed by atoms with Gasteiger partial charge in [-0.1, -0.05) is 51.2 Å². The molecule has 1 heterocycles. The summed E-state index contributed by atoms with van der Waals surface area (Å²) in [5, 5.41) is 17.6. The van der Waals surface area contributed by atoms with Crippen LogP contribution in [0, 0.1) is 17.3 Å². The summed E-state index contributed by atoms with van der Waals surface area (Å²) in [6, 6.07) is 0. The van der Waals surface area contributed by atoms with Crippen LogP contribution in [0.3, 0.4) is 0 Å². The fourth-order valence-corrected chi connectivity index (χ4v) is 6.51. The average Bonchev–Trinajstić information content (AvgIpc) is 3.21. The van der Waals surface area contributed by atoms with E-state index in [4.69, 9.17) is 10.5 Å². The van der Waals surface area contributed by atoms with Gasteiger partial charge in [0, 0.05) is 42.8 Å². The van der Waals surface area contributed by atoms with Crippen molar-refractivity contribution in [2.24, 2.45) is 23.0 Å². The SMILES string of the molecule is CNCC1=CC2C=C(C3C=CC(F)=C(F)C(OCC/C(=C(\C)NC)C(C)(N)C(O)C(C)(C)C)=C3)C=CC2S1. The highest BCUT2D eigenvalue weighted by molar-refractivity contribution is 8.04. The Morgan fingerprint density at radius 1 is 1.13 bits per heavy atom. The van der Waals surface area contributed by atoms with E-state index in [-0.39, 0.29) is 24.2 Å². The third-order valence-electron chi connectivity index (χ3n) is 7.33. The number of thioether (sulfide) groups is 1. The first kappa shape index (κ1) is 30.4. The minimum Gasteiger partial charge on any atom is -0.490 e. The quantitative estimate of drug-likeness (QED) is 0.287. The van der Waals surface area contributed by atoms with E-state index in [2.05, 4.69) is 28.9 Å². The Morgan fingerprint density at radius 3 is 2.47 bits per heavy atom. The Morgan fingerprint density at radius 2 is 1.84 bits per heavy atom. The maximum absolute atomic E-state index is 15.0.